The second-order valence-electron chi connectivity index (χ2n) is 10.4. The van der Waals surface area contributed by atoms with Gasteiger partial charge in [0.05, 0.1) is 6.54 Å². The summed E-state index contributed by atoms with van der Waals surface area (Å²) in [6.07, 6.45) is 8.78. The van der Waals surface area contributed by atoms with Gasteiger partial charge in [-0.25, -0.2) is 4.79 Å². The van der Waals surface area contributed by atoms with Crippen LogP contribution in [0.1, 0.15) is 55.7 Å². The number of hydrogen-bond acceptors (Lipinski definition) is 3. The van der Waals surface area contributed by atoms with Gasteiger partial charge in [-0.15, -0.1) is 0 Å². The molecule has 0 aromatic heterocycles. The fraction of sp³-hybridized carbons (Fsp3) is 0.333. The second kappa shape index (κ2) is 12.6. The number of aryl methyl sites for hydroxylation is 1. The van der Waals surface area contributed by atoms with Gasteiger partial charge in [-0.05, 0) is 77.4 Å². The van der Waals surface area contributed by atoms with Gasteiger partial charge in [0.2, 0.25) is 5.91 Å². The summed E-state index contributed by atoms with van der Waals surface area (Å²) in [5.41, 5.74) is 7.21. The van der Waals surface area contributed by atoms with Gasteiger partial charge in [0.15, 0.2) is 0 Å². The number of rotatable bonds is 9. The van der Waals surface area contributed by atoms with Crippen molar-refractivity contribution in [2.45, 2.75) is 52.0 Å². The summed E-state index contributed by atoms with van der Waals surface area (Å²) in [7, 11) is 4.07. The number of amides is 1. The Bertz CT molecular complexity index is 1270. The highest BCUT2D eigenvalue weighted by Crippen LogP contribution is 2.31. The monoisotopic (exact) mass is 510 g/mol. The molecule has 1 aliphatic rings. The predicted molar refractivity (Wildman–Crippen MR) is 156 cm³/mol. The molecule has 1 fully saturated rings. The van der Waals surface area contributed by atoms with Crippen molar-refractivity contribution in [1.29, 1.82) is 0 Å². The third-order valence-electron chi connectivity index (χ3n) is 7.37. The minimum atomic E-state index is -0.986. The number of nitrogens with zero attached hydrogens (tertiary/aromatic N) is 2. The van der Waals surface area contributed by atoms with E-state index in [1.54, 1.807) is 6.08 Å². The SMILES string of the molecule is CCc1cc(C=CC(=O)O)cc(N(Cc2ccc(-c3ccc(N(C)C)cc3)cc2)C(=O)C2CCCCC2)c1. The number of aliphatic carboxylic acids is 1. The zero-order chi connectivity index (χ0) is 27.1. The smallest absolute Gasteiger partial charge is 0.328 e. The lowest BCUT2D eigenvalue weighted by Crippen LogP contribution is -2.36. The summed E-state index contributed by atoms with van der Waals surface area (Å²) < 4.78 is 0. The van der Waals surface area contributed by atoms with Crippen LogP contribution in [0.25, 0.3) is 17.2 Å². The van der Waals surface area contributed by atoms with Crippen LogP contribution in [0.5, 0.6) is 0 Å². The van der Waals surface area contributed by atoms with E-state index in [1.807, 2.05) is 31.1 Å². The van der Waals surface area contributed by atoms with Crippen LogP contribution in [0.2, 0.25) is 0 Å². The first kappa shape index (κ1) is 27.2. The second-order valence-corrected chi connectivity index (χ2v) is 10.4. The molecule has 0 atom stereocenters. The minimum Gasteiger partial charge on any atom is -0.478 e. The Labute approximate surface area is 226 Å². The maximum absolute atomic E-state index is 13.9. The molecule has 1 aliphatic carbocycles. The number of carboxylic acids is 1. The van der Waals surface area contributed by atoms with Crippen LogP contribution in [0, 0.1) is 5.92 Å². The van der Waals surface area contributed by atoms with E-state index in [1.165, 1.54) is 6.42 Å². The van der Waals surface area contributed by atoms with Crippen LogP contribution in [0.3, 0.4) is 0 Å². The van der Waals surface area contributed by atoms with Crippen molar-refractivity contribution in [1.82, 2.24) is 0 Å². The van der Waals surface area contributed by atoms with E-state index >= 15 is 0 Å². The number of carbonyl (C=O) groups excluding carboxylic acids is 1. The number of carboxylic acid groups (broad SMARTS) is 1. The Hall–Kier alpha value is -3.86. The lowest BCUT2D eigenvalue weighted by atomic mass is 9.88. The molecule has 1 amide bonds. The summed E-state index contributed by atoms with van der Waals surface area (Å²) in [5, 5.41) is 9.12. The van der Waals surface area contributed by atoms with E-state index in [2.05, 4.69) is 66.4 Å². The molecule has 4 rings (SSSR count). The molecule has 5 nitrogen and oxygen atoms in total. The summed E-state index contributed by atoms with van der Waals surface area (Å²) in [6, 6.07) is 22.9. The van der Waals surface area contributed by atoms with Crippen molar-refractivity contribution in [3.63, 3.8) is 0 Å². The summed E-state index contributed by atoms with van der Waals surface area (Å²) in [5.74, 6) is -0.795. The molecule has 3 aromatic carbocycles. The van der Waals surface area contributed by atoms with Crippen LogP contribution in [-0.2, 0) is 22.6 Å². The van der Waals surface area contributed by atoms with E-state index in [0.29, 0.717) is 6.54 Å². The van der Waals surface area contributed by atoms with Gasteiger partial charge in [-0.3, -0.25) is 4.79 Å². The van der Waals surface area contributed by atoms with E-state index < -0.39 is 5.97 Å². The topological polar surface area (TPSA) is 60.9 Å². The molecule has 0 aliphatic heterocycles. The number of carbonyl (C=O) groups is 2. The quantitative estimate of drug-likeness (QED) is 0.309. The van der Waals surface area contributed by atoms with Gasteiger partial charge >= 0.3 is 5.97 Å². The molecule has 1 N–H and O–H groups in total. The maximum Gasteiger partial charge on any atom is 0.328 e. The van der Waals surface area contributed by atoms with Crippen LogP contribution in [-0.4, -0.2) is 31.1 Å². The van der Waals surface area contributed by atoms with Crippen molar-refractivity contribution in [3.05, 3.63) is 89.5 Å². The fourth-order valence-electron chi connectivity index (χ4n) is 5.13. The van der Waals surface area contributed by atoms with Crippen LogP contribution < -0.4 is 9.80 Å². The Morgan fingerprint density at radius 1 is 0.842 bits per heavy atom. The molecule has 0 saturated heterocycles. The largest absolute Gasteiger partial charge is 0.478 e. The Balaban J connectivity index is 1.64. The molecular formula is C33H38N2O3. The molecule has 0 spiro atoms. The first-order chi connectivity index (χ1) is 18.3. The molecule has 0 unspecified atom stereocenters. The van der Waals surface area contributed by atoms with Crippen molar-refractivity contribution < 1.29 is 14.7 Å². The molecule has 0 radical (unpaired) electrons. The van der Waals surface area contributed by atoms with Crippen LogP contribution in [0.15, 0.2) is 72.8 Å². The molecule has 3 aromatic rings. The average Bonchev–Trinajstić information content (AvgIpc) is 2.95. The van der Waals surface area contributed by atoms with Gasteiger partial charge in [-0.1, -0.05) is 68.7 Å². The lowest BCUT2D eigenvalue weighted by molar-refractivity contribution is -0.131. The summed E-state index contributed by atoms with van der Waals surface area (Å²) in [6.45, 7) is 2.55. The predicted octanol–water partition coefficient (Wildman–Crippen LogP) is 7.19. The van der Waals surface area contributed by atoms with E-state index in [0.717, 1.165) is 77.4 Å². The highest BCUT2D eigenvalue weighted by molar-refractivity contribution is 5.95. The number of hydrogen-bond donors (Lipinski definition) is 1. The van der Waals surface area contributed by atoms with Gasteiger partial charge in [0.1, 0.15) is 0 Å². The van der Waals surface area contributed by atoms with Crippen molar-refractivity contribution in [2.24, 2.45) is 5.92 Å². The number of benzene rings is 3. The molecular weight excluding hydrogens is 472 g/mol. The molecule has 198 valence electrons. The van der Waals surface area contributed by atoms with E-state index in [4.69, 9.17) is 5.11 Å². The van der Waals surface area contributed by atoms with Gasteiger partial charge in [0, 0.05) is 37.5 Å². The average molecular weight is 511 g/mol. The third-order valence-corrected chi connectivity index (χ3v) is 7.37. The molecule has 5 heteroatoms. The van der Waals surface area contributed by atoms with Crippen LogP contribution >= 0.6 is 0 Å². The minimum absolute atomic E-state index is 0.0292. The van der Waals surface area contributed by atoms with Crippen molar-refractivity contribution in [2.75, 3.05) is 23.9 Å². The number of anilines is 2. The van der Waals surface area contributed by atoms with Gasteiger partial charge < -0.3 is 14.9 Å². The standard InChI is InChI=1S/C33H38N2O3/c1-4-24-20-26(12-19-32(36)37)22-31(21-24)35(33(38)29-8-6-5-7-9-29)23-25-10-13-27(14-11-25)28-15-17-30(18-16-28)34(2)3/h10-22,29H,4-9,23H2,1-3H3,(H,36,37). The fourth-order valence-corrected chi connectivity index (χ4v) is 5.13. The maximum atomic E-state index is 13.9. The first-order valence-corrected chi connectivity index (χ1v) is 13.6. The Kier molecular flexibility index (Phi) is 9.01. The molecule has 38 heavy (non-hydrogen) atoms. The highest BCUT2D eigenvalue weighted by Gasteiger charge is 2.27. The highest BCUT2D eigenvalue weighted by atomic mass is 16.4. The van der Waals surface area contributed by atoms with E-state index in [-0.39, 0.29) is 11.8 Å². The summed E-state index contributed by atoms with van der Waals surface area (Å²) in [4.78, 5) is 29.0. The zero-order valence-electron chi connectivity index (χ0n) is 22.7. The molecule has 1 saturated carbocycles. The normalized spacial score (nSPS) is 14.0. The van der Waals surface area contributed by atoms with Crippen molar-refractivity contribution >= 4 is 29.3 Å². The Morgan fingerprint density at radius 3 is 2.05 bits per heavy atom. The Morgan fingerprint density at radius 2 is 1.47 bits per heavy atom. The zero-order valence-corrected chi connectivity index (χ0v) is 22.7. The first-order valence-electron chi connectivity index (χ1n) is 13.6. The molecule has 0 heterocycles. The van der Waals surface area contributed by atoms with E-state index in [9.17, 15) is 9.59 Å². The van der Waals surface area contributed by atoms with Gasteiger partial charge in [-0.2, -0.15) is 0 Å². The van der Waals surface area contributed by atoms with Crippen molar-refractivity contribution in [3.8, 4) is 11.1 Å². The lowest BCUT2D eigenvalue weighted by Gasteiger charge is -2.30. The summed E-state index contributed by atoms with van der Waals surface area (Å²) >= 11 is 0. The molecule has 0 bridgehead atoms. The van der Waals surface area contributed by atoms with Crippen LogP contribution in [0.4, 0.5) is 11.4 Å². The van der Waals surface area contributed by atoms with Gasteiger partial charge in [0.25, 0.3) is 0 Å². The third kappa shape index (κ3) is 6.91.